The average Bonchev–Trinajstić information content (AvgIpc) is 2.21. The summed E-state index contributed by atoms with van der Waals surface area (Å²) in [6, 6.07) is 5.97. The van der Waals surface area contributed by atoms with Gasteiger partial charge in [0, 0.05) is 0 Å². The predicted molar refractivity (Wildman–Crippen MR) is 52.0 cm³/mol. The molecule has 1 aromatic carbocycles. The number of rotatable bonds is 5. The molecule has 0 heterocycles. The Morgan fingerprint density at radius 3 is 2.33 bits per heavy atom. The van der Waals surface area contributed by atoms with Crippen molar-refractivity contribution in [1.29, 1.82) is 0 Å². The maximum absolute atomic E-state index is 11.8. The molecule has 0 amide bonds. The number of nitrogens with one attached hydrogen (secondary N) is 1. The molecule has 0 spiro atoms. The van der Waals surface area contributed by atoms with Crippen LogP contribution in [0.5, 0.6) is 5.75 Å². The van der Waals surface area contributed by atoms with Gasteiger partial charge in [-0.25, -0.2) is 0 Å². The largest absolute Gasteiger partial charge is 0.435 e. The van der Waals surface area contributed by atoms with Crippen LogP contribution in [0.1, 0.15) is 11.6 Å². The molecule has 1 aromatic rings. The van der Waals surface area contributed by atoms with Gasteiger partial charge in [-0.05, 0) is 24.7 Å². The summed E-state index contributed by atoms with van der Waals surface area (Å²) in [5.74, 6) is 0.113. The zero-order chi connectivity index (χ0) is 11.3. The molecule has 1 atom stereocenters. The van der Waals surface area contributed by atoms with Crippen LogP contribution in [0.15, 0.2) is 24.3 Å². The van der Waals surface area contributed by atoms with E-state index in [9.17, 15) is 8.78 Å². The Balaban J connectivity index is 2.71. The van der Waals surface area contributed by atoms with Gasteiger partial charge in [0.15, 0.2) is 0 Å². The lowest BCUT2D eigenvalue weighted by Crippen LogP contribution is -2.19. The first-order valence-electron chi connectivity index (χ1n) is 4.50. The molecular weight excluding hydrogens is 204 g/mol. The van der Waals surface area contributed by atoms with Gasteiger partial charge in [-0.1, -0.05) is 12.1 Å². The number of hydrogen-bond donors (Lipinski definition) is 2. The number of hydrogen-bond acceptors (Lipinski definition) is 3. The van der Waals surface area contributed by atoms with Crippen molar-refractivity contribution in [3.8, 4) is 5.75 Å². The predicted octanol–water partition coefficient (Wildman–Crippen LogP) is 1.54. The second-order valence-electron chi connectivity index (χ2n) is 2.97. The van der Waals surface area contributed by atoms with E-state index in [-0.39, 0.29) is 18.4 Å². The van der Waals surface area contributed by atoms with Gasteiger partial charge in [-0.15, -0.1) is 0 Å². The molecule has 1 rings (SSSR count). The molecule has 0 aliphatic carbocycles. The number of alkyl halides is 2. The summed E-state index contributed by atoms with van der Waals surface area (Å²) in [5, 5.41) is 11.9. The molecule has 15 heavy (non-hydrogen) atoms. The molecule has 84 valence electrons. The van der Waals surface area contributed by atoms with Crippen molar-refractivity contribution in [2.24, 2.45) is 0 Å². The maximum atomic E-state index is 11.8. The SMILES string of the molecule is CN[C@H](CO)c1ccc(OC(F)F)cc1. The van der Waals surface area contributed by atoms with E-state index in [1.165, 1.54) is 12.1 Å². The number of likely N-dealkylation sites (N-methyl/N-ethyl adjacent to an activating group) is 1. The Morgan fingerprint density at radius 2 is 1.93 bits per heavy atom. The van der Waals surface area contributed by atoms with Crippen molar-refractivity contribution in [2.45, 2.75) is 12.7 Å². The molecule has 3 nitrogen and oxygen atoms in total. The number of halogens is 2. The van der Waals surface area contributed by atoms with Gasteiger partial charge in [0.1, 0.15) is 5.75 Å². The van der Waals surface area contributed by atoms with Crippen molar-refractivity contribution < 1.29 is 18.6 Å². The minimum atomic E-state index is -2.81. The van der Waals surface area contributed by atoms with Gasteiger partial charge >= 0.3 is 6.61 Å². The van der Waals surface area contributed by atoms with E-state index in [4.69, 9.17) is 5.11 Å². The first kappa shape index (κ1) is 11.9. The molecular formula is C10H13F2NO2. The first-order valence-corrected chi connectivity index (χ1v) is 4.50. The van der Waals surface area contributed by atoms with E-state index in [0.29, 0.717) is 0 Å². The smallest absolute Gasteiger partial charge is 0.387 e. The third kappa shape index (κ3) is 3.45. The van der Waals surface area contributed by atoms with Gasteiger partial charge in [0.05, 0.1) is 12.6 Å². The third-order valence-corrected chi connectivity index (χ3v) is 2.04. The minimum absolute atomic E-state index is 0.0500. The van der Waals surface area contributed by atoms with Crippen LogP contribution in [0.4, 0.5) is 8.78 Å². The van der Waals surface area contributed by atoms with Crippen LogP contribution in [0, 0.1) is 0 Å². The fourth-order valence-electron chi connectivity index (χ4n) is 1.24. The van der Waals surface area contributed by atoms with Crippen LogP contribution in [0.25, 0.3) is 0 Å². The molecule has 0 bridgehead atoms. The van der Waals surface area contributed by atoms with Crippen LogP contribution in [-0.4, -0.2) is 25.4 Å². The standard InChI is InChI=1S/C10H13F2NO2/c1-13-9(6-14)7-2-4-8(5-3-7)15-10(11)12/h2-5,9-10,13-14H,6H2,1H3/t9-/m1/s1. The van der Waals surface area contributed by atoms with Crippen LogP contribution in [0.2, 0.25) is 0 Å². The third-order valence-electron chi connectivity index (χ3n) is 2.04. The van der Waals surface area contributed by atoms with Gasteiger partial charge in [-0.2, -0.15) is 8.78 Å². The molecule has 2 N–H and O–H groups in total. The van der Waals surface area contributed by atoms with Crippen molar-refractivity contribution >= 4 is 0 Å². The Morgan fingerprint density at radius 1 is 1.33 bits per heavy atom. The van der Waals surface area contributed by atoms with Crippen molar-refractivity contribution in [1.82, 2.24) is 5.32 Å². The fourth-order valence-corrected chi connectivity index (χ4v) is 1.24. The molecule has 0 radical (unpaired) electrons. The Labute approximate surface area is 86.7 Å². The molecule has 0 saturated carbocycles. The zero-order valence-electron chi connectivity index (χ0n) is 8.28. The van der Waals surface area contributed by atoms with Crippen LogP contribution < -0.4 is 10.1 Å². The minimum Gasteiger partial charge on any atom is -0.435 e. The monoisotopic (exact) mass is 217 g/mol. The topological polar surface area (TPSA) is 41.5 Å². The number of aliphatic hydroxyl groups is 1. The number of benzene rings is 1. The Kier molecular flexibility index (Phi) is 4.45. The summed E-state index contributed by atoms with van der Waals surface area (Å²) in [6.07, 6.45) is 0. The van der Waals surface area contributed by atoms with E-state index >= 15 is 0 Å². The molecule has 5 heteroatoms. The van der Waals surface area contributed by atoms with E-state index < -0.39 is 6.61 Å². The van der Waals surface area contributed by atoms with Crippen LogP contribution in [0.3, 0.4) is 0 Å². The molecule has 0 fully saturated rings. The van der Waals surface area contributed by atoms with Crippen molar-refractivity contribution in [2.75, 3.05) is 13.7 Å². The summed E-state index contributed by atoms with van der Waals surface area (Å²) in [5.41, 5.74) is 0.821. The summed E-state index contributed by atoms with van der Waals surface area (Å²) in [4.78, 5) is 0. The summed E-state index contributed by atoms with van der Waals surface area (Å²) in [6.45, 7) is -2.86. The highest BCUT2D eigenvalue weighted by atomic mass is 19.3. The summed E-state index contributed by atoms with van der Waals surface area (Å²) < 4.78 is 27.9. The van der Waals surface area contributed by atoms with Crippen molar-refractivity contribution in [3.05, 3.63) is 29.8 Å². The van der Waals surface area contributed by atoms with E-state index in [0.717, 1.165) is 5.56 Å². The van der Waals surface area contributed by atoms with Crippen molar-refractivity contribution in [3.63, 3.8) is 0 Å². The molecule has 0 aliphatic heterocycles. The van der Waals surface area contributed by atoms with E-state index in [1.54, 1.807) is 19.2 Å². The Hall–Kier alpha value is -1.20. The molecule has 0 saturated heterocycles. The summed E-state index contributed by atoms with van der Waals surface area (Å²) >= 11 is 0. The normalized spacial score (nSPS) is 12.9. The van der Waals surface area contributed by atoms with Gasteiger partial charge in [0.2, 0.25) is 0 Å². The highest BCUT2D eigenvalue weighted by molar-refractivity contribution is 5.29. The maximum Gasteiger partial charge on any atom is 0.387 e. The highest BCUT2D eigenvalue weighted by Gasteiger charge is 2.08. The van der Waals surface area contributed by atoms with Crippen LogP contribution >= 0.6 is 0 Å². The lowest BCUT2D eigenvalue weighted by atomic mass is 10.1. The molecule has 0 unspecified atom stereocenters. The quantitative estimate of drug-likeness (QED) is 0.786. The zero-order valence-corrected chi connectivity index (χ0v) is 8.28. The molecule has 0 aromatic heterocycles. The lowest BCUT2D eigenvalue weighted by Gasteiger charge is -2.13. The summed E-state index contributed by atoms with van der Waals surface area (Å²) in [7, 11) is 1.71. The van der Waals surface area contributed by atoms with Gasteiger partial charge in [-0.3, -0.25) is 0 Å². The second kappa shape index (κ2) is 5.63. The van der Waals surface area contributed by atoms with E-state index in [2.05, 4.69) is 10.1 Å². The Bertz CT molecular complexity index is 286. The highest BCUT2D eigenvalue weighted by Crippen LogP contribution is 2.18. The van der Waals surface area contributed by atoms with E-state index in [1.807, 2.05) is 0 Å². The van der Waals surface area contributed by atoms with Crippen LogP contribution in [-0.2, 0) is 0 Å². The second-order valence-corrected chi connectivity index (χ2v) is 2.97. The number of aliphatic hydroxyl groups excluding tert-OH is 1. The first-order chi connectivity index (χ1) is 7.17. The van der Waals surface area contributed by atoms with Gasteiger partial charge < -0.3 is 15.2 Å². The fraction of sp³-hybridized carbons (Fsp3) is 0.400. The average molecular weight is 217 g/mol. The number of ether oxygens (including phenoxy) is 1. The van der Waals surface area contributed by atoms with Gasteiger partial charge in [0.25, 0.3) is 0 Å². The lowest BCUT2D eigenvalue weighted by molar-refractivity contribution is -0.0498. The molecule has 0 aliphatic rings.